The van der Waals surface area contributed by atoms with Gasteiger partial charge in [-0.2, -0.15) is 0 Å². The van der Waals surface area contributed by atoms with Crippen LogP contribution in [0.15, 0.2) is 55.1 Å². The number of aromatic nitrogens is 2. The summed E-state index contributed by atoms with van der Waals surface area (Å²) >= 11 is 0. The van der Waals surface area contributed by atoms with E-state index in [1.54, 1.807) is 12.5 Å². The van der Waals surface area contributed by atoms with Gasteiger partial charge in [0.05, 0.1) is 19.0 Å². The predicted octanol–water partition coefficient (Wildman–Crippen LogP) is 3.33. The maximum atomic E-state index is 10.5. The zero-order valence-corrected chi connectivity index (χ0v) is 11.5. The molecule has 3 nitrogen and oxygen atoms in total. The molecule has 0 aliphatic heterocycles. The second kappa shape index (κ2) is 5.47. The predicted molar refractivity (Wildman–Crippen MR) is 80.5 cm³/mol. The second-order valence-electron chi connectivity index (χ2n) is 4.99. The lowest BCUT2D eigenvalue weighted by atomic mass is 9.95. The molecule has 0 bridgehead atoms. The van der Waals surface area contributed by atoms with Gasteiger partial charge in [-0.3, -0.25) is 0 Å². The van der Waals surface area contributed by atoms with Crippen molar-refractivity contribution in [3.8, 4) is 0 Å². The van der Waals surface area contributed by atoms with Crippen molar-refractivity contribution in [2.45, 2.75) is 26.0 Å². The van der Waals surface area contributed by atoms with Gasteiger partial charge in [-0.15, -0.1) is 0 Å². The van der Waals surface area contributed by atoms with Crippen molar-refractivity contribution in [2.24, 2.45) is 0 Å². The minimum absolute atomic E-state index is 0.523. The number of fused-ring (bicyclic) bond motifs is 1. The summed E-state index contributed by atoms with van der Waals surface area (Å²) in [6.07, 6.45) is 5.79. The SMILES string of the molecule is CCc1ccc(C(O)Cn2ccnc2)c2ccccc12. The van der Waals surface area contributed by atoms with Gasteiger partial charge >= 0.3 is 0 Å². The number of aliphatic hydroxyl groups excluding tert-OH is 1. The number of benzene rings is 2. The molecule has 1 atom stereocenters. The Bertz CT molecular complexity index is 704. The molecule has 0 fully saturated rings. The number of rotatable bonds is 4. The molecule has 20 heavy (non-hydrogen) atoms. The molecule has 0 aliphatic rings. The first-order valence-electron chi connectivity index (χ1n) is 6.94. The van der Waals surface area contributed by atoms with Crippen molar-refractivity contribution in [1.29, 1.82) is 0 Å². The van der Waals surface area contributed by atoms with Gasteiger partial charge < -0.3 is 9.67 Å². The average molecular weight is 266 g/mol. The van der Waals surface area contributed by atoms with E-state index in [0.29, 0.717) is 6.54 Å². The topological polar surface area (TPSA) is 38.0 Å². The minimum atomic E-state index is -0.528. The fourth-order valence-corrected chi connectivity index (χ4v) is 2.68. The average Bonchev–Trinajstić information content (AvgIpc) is 2.99. The molecule has 2 aromatic carbocycles. The normalized spacial score (nSPS) is 12.7. The molecule has 1 aromatic heterocycles. The van der Waals surface area contributed by atoms with E-state index >= 15 is 0 Å². The van der Waals surface area contributed by atoms with Crippen LogP contribution in [0.4, 0.5) is 0 Å². The van der Waals surface area contributed by atoms with E-state index in [1.807, 2.05) is 29.0 Å². The van der Waals surface area contributed by atoms with Gasteiger partial charge in [0, 0.05) is 12.4 Å². The van der Waals surface area contributed by atoms with Crippen molar-refractivity contribution >= 4 is 10.8 Å². The molecule has 3 aromatic rings. The van der Waals surface area contributed by atoms with Gasteiger partial charge in [-0.1, -0.05) is 43.3 Å². The number of hydrogen-bond acceptors (Lipinski definition) is 2. The molecule has 3 heteroatoms. The van der Waals surface area contributed by atoms with Crippen molar-refractivity contribution in [3.05, 3.63) is 66.2 Å². The van der Waals surface area contributed by atoms with E-state index in [9.17, 15) is 5.11 Å². The van der Waals surface area contributed by atoms with Gasteiger partial charge in [0.2, 0.25) is 0 Å². The lowest BCUT2D eigenvalue weighted by Gasteiger charge is -2.16. The van der Waals surface area contributed by atoms with Crippen LogP contribution in [-0.2, 0) is 13.0 Å². The number of hydrogen-bond donors (Lipinski definition) is 1. The summed E-state index contributed by atoms with van der Waals surface area (Å²) < 4.78 is 1.90. The Morgan fingerprint density at radius 3 is 2.65 bits per heavy atom. The number of aliphatic hydroxyl groups is 1. The summed E-state index contributed by atoms with van der Waals surface area (Å²) in [6, 6.07) is 12.4. The van der Waals surface area contributed by atoms with Crippen LogP contribution < -0.4 is 0 Å². The molecule has 1 N–H and O–H groups in total. The summed E-state index contributed by atoms with van der Waals surface area (Å²) in [6.45, 7) is 2.68. The van der Waals surface area contributed by atoms with E-state index in [2.05, 4.69) is 30.1 Å². The molecule has 102 valence electrons. The van der Waals surface area contributed by atoms with E-state index in [4.69, 9.17) is 0 Å². The summed E-state index contributed by atoms with van der Waals surface area (Å²) in [5.41, 5.74) is 2.30. The Morgan fingerprint density at radius 1 is 1.15 bits per heavy atom. The highest BCUT2D eigenvalue weighted by Gasteiger charge is 2.13. The van der Waals surface area contributed by atoms with Crippen LogP contribution in [0.3, 0.4) is 0 Å². The molecule has 3 rings (SSSR count). The second-order valence-corrected chi connectivity index (χ2v) is 4.99. The fourth-order valence-electron chi connectivity index (χ4n) is 2.68. The van der Waals surface area contributed by atoms with Crippen LogP contribution in [0.1, 0.15) is 24.2 Å². The molecule has 0 saturated carbocycles. The van der Waals surface area contributed by atoms with Gasteiger partial charge in [0.25, 0.3) is 0 Å². The van der Waals surface area contributed by atoms with Crippen molar-refractivity contribution < 1.29 is 5.11 Å². The fraction of sp³-hybridized carbons (Fsp3) is 0.235. The van der Waals surface area contributed by atoms with E-state index in [-0.39, 0.29) is 0 Å². The first kappa shape index (κ1) is 12.9. The third-order valence-electron chi connectivity index (χ3n) is 3.73. The summed E-state index contributed by atoms with van der Waals surface area (Å²) in [7, 11) is 0. The Morgan fingerprint density at radius 2 is 1.95 bits per heavy atom. The Hall–Kier alpha value is -2.13. The van der Waals surface area contributed by atoms with E-state index in [0.717, 1.165) is 17.4 Å². The summed E-state index contributed by atoms with van der Waals surface area (Å²) in [4.78, 5) is 4.01. The Balaban J connectivity index is 2.03. The lowest BCUT2D eigenvalue weighted by molar-refractivity contribution is 0.158. The van der Waals surface area contributed by atoms with Crippen LogP contribution in [-0.4, -0.2) is 14.7 Å². The van der Waals surface area contributed by atoms with E-state index < -0.39 is 6.10 Å². The van der Waals surface area contributed by atoms with Crippen LogP contribution >= 0.6 is 0 Å². The van der Waals surface area contributed by atoms with Crippen molar-refractivity contribution in [3.63, 3.8) is 0 Å². The molecule has 0 radical (unpaired) electrons. The molecule has 0 amide bonds. The smallest absolute Gasteiger partial charge is 0.0975 e. The van der Waals surface area contributed by atoms with Crippen LogP contribution in [0, 0.1) is 0 Å². The van der Waals surface area contributed by atoms with Gasteiger partial charge in [-0.25, -0.2) is 4.98 Å². The molecule has 1 heterocycles. The molecule has 0 spiro atoms. The third kappa shape index (κ3) is 2.32. The largest absolute Gasteiger partial charge is 0.387 e. The molecule has 0 saturated heterocycles. The van der Waals surface area contributed by atoms with Crippen molar-refractivity contribution in [1.82, 2.24) is 9.55 Å². The van der Waals surface area contributed by atoms with Gasteiger partial charge in [0.15, 0.2) is 0 Å². The highest BCUT2D eigenvalue weighted by Crippen LogP contribution is 2.28. The highest BCUT2D eigenvalue weighted by atomic mass is 16.3. The molecule has 1 unspecified atom stereocenters. The molecular weight excluding hydrogens is 248 g/mol. The van der Waals surface area contributed by atoms with Crippen LogP contribution in [0.2, 0.25) is 0 Å². The van der Waals surface area contributed by atoms with Crippen molar-refractivity contribution in [2.75, 3.05) is 0 Å². The zero-order chi connectivity index (χ0) is 13.9. The third-order valence-corrected chi connectivity index (χ3v) is 3.73. The van der Waals surface area contributed by atoms with Gasteiger partial charge in [-0.05, 0) is 28.3 Å². The van der Waals surface area contributed by atoms with Crippen LogP contribution in [0.25, 0.3) is 10.8 Å². The number of nitrogens with zero attached hydrogens (tertiary/aromatic N) is 2. The van der Waals surface area contributed by atoms with E-state index in [1.165, 1.54) is 10.9 Å². The van der Waals surface area contributed by atoms with Crippen LogP contribution in [0.5, 0.6) is 0 Å². The Kier molecular flexibility index (Phi) is 3.52. The zero-order valence-electron chi connectivity index (χ0n) is 11.5. The first-order chi connectivity index (χ1) is 9.79. The first-order valence-corrected chi connectivity index (χ1v) is 6.94. The highest BCUT2D eigenvalue weighted by molar-refractivity contribution is 5.89. The summed E-state index contributed by atoms with van der Waals surface area (Å²) in [5, 5.41) is 12.9. The monoisotopic (exact) mass is 266 g/mol. The minimum Gasteiger partial charge on any atom is -0.387 e. The quantitative estimate of drug-likeness (QED) is 0.786. The maximum Gasteiger partial charge on any atom is 0.0975 e. The number of imidazole rings is 1. The standard InChI is InChI=1S/C17H18N2O/c1-2-13-7-8-16(15-6-4-3-5-14(13)15)17(20)11-19-10-9-18-12-19/h3-10,12,17,20H,2,11H2,1H3. The molecular formula is C17H18N2O. The molecule has 0 aliphatic carbocycles. The van der Waals surface area contributed by atoms with Gasteiger partial charge in [0.1, 0.15) is 0 Å². The number of aryl methyl sites for hydroxylation is 1. The lowest BCUT2D eigenvalue weighted by Crippen LogP contribution is -2.08. The maximum absolute atomic E-state index is 10.5. The summed E-state index contributed by atoms with van der Waals surface area (Å²) in [5.74, 6) is 0. The Labute approximate surface area is 118 Å².